The van der Waals surface area contributed by atoms with Crippen molar-refractivity contribution in [3.63, 3.8) is 0 Å². The molecule has 0 bridgehead atoms. The molecule has 0 aliphatic rings. The average molecular weight is 168 g/mol. The first-order valence-corrected chi connectivity index (χ1v) is 3.62. The molecule has 0 spiro atoms. The molecule has 0 radical (unpaired) electrons. The molecule has 0 heterocycles. The highest BCUT2D eigenvalue weighted by Crippen LogP contribution is 2.19. The van der Waals surface area contributed by atoms with E-state index in [2.05, 4.69) is 0 Å². The van der Waals surface area contributed by atoms with E-state index in [1.165, 1.54) is 0 Å². The number of benzene rings is 1. The van der Waals surface area contributed by atoms with Crippen LogP contribution >= 0.6 is 0 Å². The topological polar surface area (TPSA) is 81.5 Å². The van der Waals surface area contributed by atoms with Gasteiger partial charge in [0.25, 0.3) is 0 Å². The van der Waals surface area contributed by atoms with E-state index in [9.17, 15) is 0 Å². The molecule has 4 nitrogen and oxygen atoms in total. The van der Waals surface area contributed by atoms with Crippen LogP contribution in [0, 0.1) is 0 Å². The molecule has 12 heavy (non-hydrogen) atoms. The maximum absolute atomic E-state index is 8.48. The summed E-state index contributed by atoms with van der Waals surface area (Å²) in [5.74, 6) is 0.585. The second-order valence-corrected chi connectivity index (χ2v) is 2.41. The molecule has 0 fully saturated rings. The largest absolute Gasteiger partial charge is 0.491 e. The van der Waals surface area contributed by atoms with Crippen molar-refractivity contribution in [3.8, 4) is 5.75 Å². The van der Waals surface area contributed by atoms with Gasteiger partial charge in [-0.1, -0.05) is 0 Å². The summed E-state index contributed by atoms with van der Waals surface area (Å²) >= 11 is 0. The number of hydrogen-bond acceptors (Lipinski definition) is 4. The minimum atomic E-state index is -0.0191. The molecule has 0 saturated heterocycles. The Labute approximate surface area is 70.7 Å². The number of aliphatic hydroxyl groups is 1. The van der Waals surface area contributed by atoms with Gasteiger partial charge in [0.2, 0.25) is 0 Å². The van der Waals surface area contributed by atoms with E-state index in [0.29, 0.717) is 17.1 Å². The average Bonchev–Trinajstić information content (AvgIpc) is 1.99. The van der Waals surface area contributed by atoms with Gasteiger partial charge < -0.3 is 21.3 Å². The third kappa shape index (κ3) is 2.32. The summed E-state index contributed by atoms with van der Waals surface area (Å²) in [6.07, 6.45) is 0. The Morgan fingerprint density at radius 3 is 2.25 bits per heavy atom. The molecule has 0 atom stereocenters. The molecular formula is C8H12N2O2. The zero-order valence-electron chi connectivity index (χ0n) is 6.66. The van der Waals surface area contributed by atoms with Crippen LogP contribution in [-0.4, -0.2) is 18.3 Å². The fourth-order valence-electron chi connectivity index (χ4n) is 0.893. The number of ether oxygens (including phenoxy) is 1. The monoisotopic (exact) mass is 168 g/mol. The Balaban J connectivity index is 2.72. The molecule has 0 aliphatic heterocycles. The van der Waals surface area contributed by atoms with Crippen molar-refractivity contribution in [2.24, 2.45) is 0 Å². The van der Waals surface area contributed by atoms with Gasteiger partial charge in [0.05, 0.1) is 6.61 Å². The lowest BCUT2D eigenvalue weighted by atomic mass is 10.3. The second-order valence-electron chi connectivity index (χ2n) is 2.41. The molecule has 0 aromatic heterocycles. The maximum atomic E-state index is 8.48. The summed E-state index contributed by atoms with van der Waals surface area (Å²) < 4.78 is 5.11. The minimum Gasteiger partial charge on any atom is -0.491 e. The highest BCUT2D eigenvalue weighted by Gasteiger charge is 1.96. The normalized spacial score (nSPS) is 9.75. The SMILES string of the molecule is Nc1cc(N)cc(OCCO)c1. The first-order chi connectivity index (χ1) is 5.72. The summed E-state index contributed by atoms with van der Waals surface area (Å²) in [5, 5.41) is 8.48. The summed E-state index contributed by atoms with van der Waals surface area (Å²) in [5.41, 5.74) is 12.1. The molecule has 1 rings (SSSR count). The van der Waals surface area contributed by atoms with Crippen LogP contribution in [-0.2, 0) is 0 Å². The Bertz CT molecular complexity index is 243. The number of rotatable bonds is 3. The van der Waals surface area contributed by atoms with Crippen molar-refractivity contribution >= 4 is 11.4 Å². The Hall–Kier alpha value is -1.42. The van der Waals surface area contributed by atoms with Gasteiger partial charge in [-0.2, -0.15) is 0 Å². The van der Waals surface area contributed by atoms with Crippen molar-refractivity contribution in [1.29, 1.82) is 0 Å². The maximum Gasteiger partial charge on any atom is 0.123 e. The van der Waals surface area contributed by atoms with Crippen LogP contribution < -0.4 is 16.2 Å². The van der Waals surface area contributed by atoms with E-state index in [0.717, 1.165) is 0 Å². The van der Waals surface area contributed by atoms with Crippen molar-refractivity contribution in [1.82, 2.24) is 0 Å². The van der Waals surface area contributed by atoms with Gasteiger partial charge in [-0.25, -0.2) is 0 Å². The third-order valence-corrected chi connectivity index (χ3v) is 1.31. The van der Waals surface area contributed by atoms with Crippen LogP contribution in [0.25, 0.3) is 0 Å². The van der Waals surface area contributed by atoms with Crippen LogP contribution in [0.5, 0.6) is 5.75 Å². The third-order valence-electron chi connectivity index (χ3n) is 1.31. The van der Waals surface area contributed by atoms with E-state index >= 15 is 0 Å². The minimum absolute atomic E-state index is 0.0191. The lowest BCUT2D eigenvalue weighted by molar-refractivity contribution is 0.201. The van der Waals surface area contributed by atoms with Gasteiger partial charge >= 0.3 is 0 Å². The molecular weight excluding hydrogens is 156 g/mol. The first kappa shape index (κ1) is 8.67. The van der Waals surface area contributed by atoms with Crippen LogP contribution in [0.3, 0.4) is 0 Å². The van der Waals surface area contributed by atoms with E-state index in [1.807, 2.05) is 0 Å². The highest BCUT2D eigenvalue weighted by molar-refractivity contribution is 5.56. The quantitative estimate of drug-likeness (QED) is 0.564. The van der Waals surface area contributed by atoms with E-state index in [1.54, 1.807) is 18.2 Å². The van der Waals surface area contributed by atoms with Gasteiger partial charge in [0.1, 0.15) is 12.4 Å². The fraction of sp³-hybridized carbons (Fsp3) is 0.250. The summed E-state index contributed by atoms with van der Waals surface area (Å²) in [7, 11) is 0. The number of nitrogens with two attached hydrogens (primary N) is 2. The Morgan fingerprint density at radius 2 is 1.75 bits per heavy atom. The predicted molar refractivity (Wildman–Crippen MR) is 47.8 cm³/mol. The highest BCUT2D eigenvalue weighted by atomic mass is 16.5. The molecule has 0 amide bonds. The zero-order chi connectivity index (χ0) is 8.97. The molecule has 1 aromatic rings. The summed E-state index contributed by atoms with van der Waals surface area (Å²) in [6, 6.07) is 4.96. The molecule has 1 aromatic carbocycles. The van der Waals surface area contributed by atoms with Crippen LogP contribution in [0.4, 0.5) is 11.4 Å². The Kier molecular flexibility index (Phi) is 2.76. The molecule has 5 N–H and O–H groups in total. The fourth-order valence-corrected chi connectivity index (χ4v) is 0.893. The number of hydrogen-bond donors (Lipinski definition) is 3. The van der Waals surface area contributed by atoms with Gasteiger partial charge in [-0.3, -0.25) is 0 Å². The first-order valence-electron chi connectivity index (χ1n) is 3.62. The van der Waals surface area contributed by atoms with Gasteiger partial charge in [0.15, 0.2) is 0 Å². The summed E-state index contributed by atoms with van der Waals surface area (Å²) in [4.78, 5) is 0. The predicted octanol–water partition coefficient (Wildman–Crippen LogP) is 0.222. The van der Waals surface area contributed by atoms with Gasteiger partial charge in [-0.15, -0.1) is 0 Å². The van der Waals surface area contributed by atoms with Crippen LogP contribution in [0.2, 0.25) is 0 Å². The van der Waals surface area contributed by atoms with Crippen molar-refractivity contribution in [2.75, 3.05) is 24.7 Å². The number of aliphatic hydroxyl groups excluding tert-OH is 1. The van der Waals surface area contributed by atoms with Crippen molar-refractivity contribution < 1.29 is 9.84 Å². The van der Waals surface area contributed by atoms with Crippen LogP contribution in [0.15, 0.2) is 18.2 Å². The zero-order valence-corrected chi connectivity index (χ0v) is 6.66. The van der Waals surface area contributed by atoms with E-state index in [-0.39, 0.29) is 13.2 Å². The Morgan fingerprint density at radius 1 is 1.17 bits per heavy atom. The van der Waals surface area contributed by atoms with Crippen LogP contribution in [0.1, 0.15) is 0 Å². The van der Waals surface area contributed by atoms with E-state index in [4.69, 9.17) is 21.3 Å². The smallest absolute Gasteiger partial charge is 0.123 e. The van der Waals surface area contributed by atoms with Crippen molar-refractivity contribution in [2.45, 2.75) is 0 Å². The molecule has 4 heteroatoms. The molecule has 0 saturated carbocycles. The lowest BCUT2D eigenvalue weighted by Gasteiger charge is -2.05. The molecule has 0 aliphatic carbocycles. The van der Waals surface area contributed by atoms with Gasteiger partial charge in [0, 0.05) is 23.5 Å². The number of anilines is 2. The second kappa shape index (κ2) is 3.82. The molecule has 0 unspecified atom stereocenters. The summed E-state index contributed by atoms with van der Waals surface area (Å²) in [6.45, 7) is 0.234. The molecule has 66 valence electrons. The van der Waals surface area contributed by atoms with Crippen molar-refractivity contribution in [3.05, 3.63) is 18.2 Å². The standard InChI is InChI=1S/C8H12N2O2/c9-6-3-7(10)5-8(4-6)12-2-1-11/h3-5,11H,1-2,9-10H2. The number of nitrogen functional groups attached to an aromatic ring is 2. The lowest BCUT2D eigenvalue weighted by Crippen LogP contribution is -2.02. The van der Waals surface area contributed by atoms with Gasteiger partial charge in [-0.05, 0) is 6.07 Å². The van der Waals surface area contributed by atoms with E-state index < -0.39 is 0 Å².